The van der Waals surface area contributed by atoms with Crippen molar-refractivity contribution in [2.45, 2.75) is 6.54 Å². The number of carbonyl (C=O) groups excluding carboxylic acids is 1. The Morgan fingerprint density at radius 1 is 1.32 bits per heavy atom. The highest BCUT2D eigenvalue weighted by Crippen LogP contribution is 2.39. The van der Waals surface area contributed by atoms with Gasteiger partial charge >= 0.3 is 0 Å². The summed E-state index contributed by atoms with van der Waals surface area (Å²) in [5.74, 6) is 0.645. The summed E-state index contributed by atoms with van der Waals surface area (Å²) in [6, 6.07) is 12.2. The van der Waals surface area contributed by atoms with Crippen molar-refractivity contribution in [2.75, 3.05) is 6.79 Å². The number of halogens is 1. The summed E-state index contributed by atoms with van der Waals surface area (Å²) in [5, 5.41) is 12.0. The SMILES string of the molecule is N#Cc1cccc(CNC(=O)c2cc(Cl)c3c(c2)OCO3)c1. The van der Waals surface area contributed by atoms with Crippen molar-refractivity contribution < 1.29 is 14.3 Å². The second-order valence-electron chi connectivity index (χ2n) is 4.69. The van der Waals surface area contributed by atoms with E-state index in [0.717, 1.165) is 5.56 Å². The van der Waals surface area contributed by atoms with Crippen LogP contribution in [-0.4, -0.2) is 12.7 Å². The van der Waals surface area contributed by atoms with E-state index in [1.54, 1.807) is 24.3 Å². The van der Waals surface area contributed by atoms with Gasteiger partial charge in [0.05, 0.1) is 16.7 Å². The molecule has 1 aliphatic rings. The number of benzene rings is 2. The highest BCUT2D eigenvalue weighted by atomic mass is 35.5. The molecule has 1 N–H and O–H groups in total. The first-order valence-corrected chi connectivity index (χ1v) is 6.91. The van der Waals surface area contributed by atoms with Crippen LogP contribution in [0.1, 0.15) is 21.5 Å². The van der Waals surface area contributed by atoms with Crippen LogP contribution in [0.15, 0.2) is 36.4 Å². The standard InChI is InChI=1S/C16H11ClN2O3/c17-13-5-12(6-14-15(13)22-9-21-14)16(20)19-8-11-3-1-2-10(4-11)7-18/h1-6H,8-9H2,(H,19,20). The molecule has 0 unspecified atom stereocenters. The van der Waals surface area contributed by atoms with Crippen LogP contribution in [0.3, 0.4) is 0 Å². The van der Waals surface area contributed by atoms with Crippen LogP contribution in [0.4, 0.5) is 0 Å². The fraction of sp³-hybridized carbons (Fsp3) is 0.125. The molecule has 110 valence electrons. The first-order chi connectivity index (χ1) is 10.7. The predicted octanol–water partition coefficient (Wildman–Crippen LogP) is 2.87. The number of hydrogen-bond acceptors (Lipinski definition) is 4. The highest BCUT2D eigenvalue weighted by Gasteiger charge is 2.20. The van der Waals surface area contributed by atoms with Crippen molar-refractivity contribution in [3.63, 3.8) is 0 Å². The van der Waals surface area contributed by atoms with Crippen molar-refractivity contribution >= 4 is 17.5 Å². The quantitative estimate of drug-likeness (QED) is 0.945. The number of carbonyl (C=O) groups is 1. The van der Waals surface area contributed by atoms with E-state index in [0.29, 0.717) is 34.2 Å². The van der Waals surface area contributed by atoms with Gasteiger partial charge in [0, 0.05) is 12.1 Å². The number of nitrogens with zero attached hydrogens (tertiary/aromatic N) is 1. The lowest BCUT2D eigenvalue weighted by Gasteiger charge is -2.07. The van der Waals surface area contributed by atoms with E-state index >= 15 is 0 Å². The van der Waals surface area contributed by atoms with Gasteiger partial charge in [0.25, 0.3) is 5.91 Å². The maximum atomic E-state index is 12.2. The molecule has 0 aromatic heterocycles. The molecule has 0 saturated carbocycles. The van der Waals surface area contributed by atoms with E-state index < -0.39 is 0 Å². The zero-order chi connectivity index (χ0) is 15.5. The topological polar surface area (TPSA) is 71.4 Å². The fourth-order valence-corrected chi connectivity index (χ4v) is 2.40. The Kier molecular flexibility index (Phi) is 3.86. The van der Waals surface area contributed by atoms with Gasteiger partial charge in [-0.25, -0.2) is 0 Å². The first kappa shape index (κ1) is 14.2. The predicted molar refractivity (Wildman–Crippen MR) is 79.9 cm³/mol. The van der Waals surface area contributed by atoms with Crippen LogP contribution in [-0.2, 0) is 6.54 Å². The van der Waals surface area contributed by atoms with Crippen LogP contribution in [0.2, 0.25) is 5.02 Å². The molecular formula is C16H11ClN2O3. The number of amides is 1. The lowest BCUT2D eigenvalue weighted by Crippen LogP contribution is -2.22. The molecule has 0 bridgehead atoms. The molecule has 2 aromatic carbocycles. The molecule has 1 amide bonds. The Morgan fingerprint density at radius 3 is 3.00 bits per heavy atom. The molecule has 0 radical (unpaired) electrons. The molecule has 2 aromatic rings. The molecule has 6 heteroatoms. The minimum absolute atomic E-state index is 0.0983. The number of fused-ring (bicyclic) bond motifs is 1. The fourth-order valence-electron chi connectivity index (χ4n) is 2.13. The molecular weight excluding hydrogens is 304 g/mol. The minimum atomic E-state index is -0.275. The summed E-state index contributed by atoms with van der Waals surface area (Å²) in [5.41, 5.74) is 1.79. The smallest absolute Gasteiger partial charge is 0.251 e. The van der Waals surface area contributed by atoms with E-state index in [9.17, 15) is 4.79 Å². The molecule has 0 saturated heterocycles. The zero-order valence-corrected chi connectivity index (χ0v) is 12.2. The zero-order valence-electron chi connectivity index (χ0n) is 11.4. The van der Waals surface area contributed by atoms with Crippen molar-refractivity contribution in [1.29, 1.82) is 5.26 Å². The second-order valence-corrected chi connectivity index (χ2v) is 5.09. The van der Waals surface area contributed by atoms with E-state index in [1.165, 1.54) is 6.07 Å². The summed E-state index contributed by atoms with van der Waals surface area (Å²) in [7, 11) is 0. The maximum Gasteiger partial charge on any atom is 0.251 e. The number of ether oxygens (including phenoxy) is 2. The molecule has 1 heterocycles. The second kappa shape index (κ2) is 5.96. The summed E-state index contributed by atoms with van der Waals surface area (Å²) >= 11 is 6.05. The number of nitrogens with one attached hydrogen (secondary N) is 1. The minimum Gasteiger partial charge on any atom is -0.454 e. The Hall–Kier alpha value is -2.71. The molecule has 5 nitrogen and oxygen atoms in total. The first-order valence-electron chi connectivity index (χ1n) is 6.54. The van der Waals surface area contributed by atoms with Gasteiger partial charge in [0.2, 0.25) is 6.79 Å². The number of nitriles is 1. The monoisotopic (exact) mass is 314 g/mol. The highest BCUT2D eigenvalue weighted by molar-refractivity contribution is 6.32. The van der Waals surface area contributed by atoms with Gasteiger partial charge in [-0.1, -0.05) is 23.7 Å². The molecule has 0 fully saturated rings. The number of rotatable bonds is 3. The number of hydrogen-bond donors (Lipinski definition) is 1. The summed E-state index contributed by atoms with van der Waals surface area (Å²) < 4.78 is 10.4. The lowest BCUT2D eigenvalue weighted by atomic mass is 10.1. The molecule has 0 spiro atoms. The molecule has 0 aliphatic carbocycles. The molecule has 1 aliphatic heterocycles. The average molecular weight is 315 g/mol. The summed E-state index contributed by atoms with van der Waals surface area (Å²) in [6.07, 6.45) is 0. The molecule has 22 heavy (non-hydrogen) atoms. The van der Waals surface area contributed by atoms with Gasteiger partial charge in [-0.2, -0.15) is 5.26 Å². The summed E-state index contributed by atoms with van der Waals surface area (Å²) in [6.45, 7) is 0.418. The summed E-state index contributed by atoms with van der Waals surface area (Å²) in [4.78, 5) is 12.2. The van der Waals surface area contributed by atoms with Crippen LogP contribution in [0.5, 0.6) is 11.5 Å². The van der Waals surface area contributed by atoms with Crippen molar-refractivity contribution in [2.24, 2.45) is 0 Å². The lowest BCUT2D eigenvalue weighted by molar-refractivity contribution is 0.0950. The normalized spacial score (nSPS) is 11.8. The Morgan fingerprint density at radius 2 is 2.18 bits per heavy atom. The Labute approximate surface area is 132 Å². The third-order valence-corrected chi connectivity index (χ3v) is 3.48. The van der Waals surface area contributed by atoms with Crippen LogP contribution >= 0.6 is 11.6 Å². The van der Waals surface area contributed by atoms with Crippen LogP contribution in [0.25, 0.3) is 0 Å². The van der Waals surface area contributed by atoms with Crippen LogP contribution in [0, 0.1) is 11.3 Å². The largest absolute Gasteiger partial charge is 0.454 e. The Bertz CT molecular complexity index is 783. The van der Waals surface area contributed by atoms with Gasteiger partial charge in [-0.05, 0) is 29.8 Å². The van der Waals surface area contributed by atoms with Crippen molar-refractivity contribution in [3.8, 4) is 17.6 Å². The average Bonchev–Trinajstić information content (AvgIpc) is 3.02. The van der Waals surface area contributed by atoms with Crippen LogP contribution < -0.4 is 14.8 Å². The van der Waals surface area contributed by atoms with Gasteiger partial charge < -0.3 is 14.8 Å². The van der Waals surface area contributed by atoms with Gasteiger partial charge in [-0.3, -0.25) is 4.79 Å². The van der Waals surface area contributed by atoms with E-state index in [-0.39, 0.29) is 12.7 Å². The van der Waals surface area contributed by atoms with Gasteiger partial charge in [0.1, 0.15) is 0 Å². The van der Waals surface area contributed by atoms with Crippen molar-refractivity contribution in [1.82, 2.24) is 5.32 Å². The van der Waals surface area contributed by atoms with E-state index in [1.807, 2.05) is 6.07 Å². The molecule has 3 rings (SSSR count). The molecule has 0 atom stereocenters. The van der Waals surface area contributed by atoms with E-state index in [2.05, 4.69) is 11.4 Å². The maximum absolute atomic E-state index is 12.2. The third kappa shape index (κ3) is 2.83. The van der Waals surface area contributed by atoms with E-state index in [4.69, 9.17) is 26.3 Å². The van der Waals surface area contributed by atoms with Crippen molar-refractivity contribution in [3.05, 3.63) is 58.1 Å². The third-order valence-electron chi connectivity index (χ3n) is 3.20. The van der Waals surface area contributed by atoms with Gasteiger partial charge in [0.15, 0.2) is 11.5 Å². The Balaban J connectivity index is 1.72. The van der Waals surface area contributed by atoms with Gasteiger partial charge in [-0.15, -0.1) is 0 Å².